The Morgan fingerprint density at radius 2 is 2.25 bits per heavy atom. The van der Waals surface area contributed by atoms with Gasteiger partial charge in [-0.05, 0) is 19.9 Å². The van der Waals surface area contributed by atoms with Gasteiger partial charge in [-0.15, -0.1) is 0 Å². The molecule has 0 saturated carbocycles. The first-order chi connectivity index (χ1) is 7.61. The molecule has 86 valence electrons. The third-order valence-electron chi connectivity index (χ3n) is 2.11. The molecule has 3 nitrogen and oxygen atoms in total. The summed E-state index contributed by atoms with van der Waals surface area (Å²) >= 11 is 3.20. The highest BCUT2D eigenvalue weighted by Crippen LogP contribution is 2.23. The van der Waals surface area contributed by atoms with E-state index in [2.05, 4.69) is 15.9 Å². The van der Waals surface area contributed by atoms with Crippen LogP contribution >= 0.6 is 15.9 Å². The number of halogens is 1. The van der Waals surface area contributed by atoms with Crippen LogP contribution < -0.4 is 4.74 Å². The zero-order valence-electron chi connectivity index (χ0n) is 9.20. The lowest BCUT2D eigenvalue weighted by molar-refractivity contribution is 0.0988. The smallest absolute Gasteiger partial charge is 0.177 e. The number of alkyl halides is 1. The maximum absolute atomic E-state index is 11.8. The lowest BCUT2D eigenvalue weighted by Crippen LogP contribution is -2.13. The largest absolute Gasteiger partial charge is 0.493 e. The molecule has 4 heteroatoms. The summed E-state index contributed by atoms with van der Waals surface area (Å²) in [4.78, 5) is 22.5. The number of carbonyl (C=O) groups excluding carboxylic acids is 2. The second-order valence-electron chi connectivity index (χ2n) is 3.25. The molecule has 1 unspecified atom stereocenters. The maximum atomic E-state index is 11.8. The Bertz CT molecular complexity index is 399. The van der Waals surface area contributed by atoms with Gasteiger partial charge in [0.05, 0.1) is 17.0 Å². The molecule has 1 aromatic carbocycles. The molecule has 0 bridgehead atoms. The fraction of sp³-hybridized carbons (Fsp3) is 0.333. The van der Waals surface area contributed by atoms with Gasteiger partial charge in [0.1, 0.15) is 5.75 Å². The molecule has 0 aliphatic carbocycles. The van der Waals surface area contributed by atoms with Crippen molar-refractivity contribution in [2.45, 2.75) is 18.7 Å². The lowest BCUT2D eigenvalue weighted by atomic mass is 10.0. The van der Waals surface area contributed by atoms with E-state index in [1.54, 1.807) is 25.1 Å². The van der Waals surface area contributed by atoms with Gasteiger partial charge < -0.3 is 4.74 Å². The van der Waals surface area contributed by atoms with Crippen LogP contribution in [-0.2, 0) is 0 Å². The minimum absolute atomic E-state index is 0.122. The van der Waals surface area contributed by atoms with E-state index in [1.807, 2.05) is 6.92 Å². The molecule has 0 spiro atoms. The molecule has 0 heterocycles. The Morgan fingerprint density at radius 1 is 1.56 bits per heavy atom. The summed E-state index contributed by atoms with van der Waals surface area (Å²) in [7, 11) is 0. The van der Waals surface area contributed by atoms with Crippen LogP contribution in [0, 0.1) is 0 Å². The van der Waals surface area contributed by atoms with E-state index in [9.17, 15) is 9.59 Å². The highest BCUT2D eigenvalue weighted by Gasteiger charge is 2.18. The average molecular weight is 285 g/mol. The molecule has 0 saturated heterocycles. The van der Waals surface area contributed by atoms with E-state index in [-0.39, 0.29) is 10.6 Å². The SMILES string of the molecule is CCOc1cccc(C(=O)C(C)Br)c1C=O. The molecule has 16 heavy (non-hydrogen) atoms. The average Bonchev–Trinajstić information content (AvgIpc) is 2.28. The summed E-state index contributed by atoms with van der Waals surface area (Å²) in [5.74, 6) is 0.333. The molecule has 0 aliphatic heterocycles. The lowest BCUT2D eigenvalue weighted by Gasteiger charge is -2.10. The van der Waals surface area contributed by atoms with Gasteiger partial charge >= 0.3 is 0 Å². The van der Waals surface area contributed by atoms with Gasteiger partial charge in [-0.1, -0.05) is 28.1 Å². The topological polar surface area (TPSA) is 43.4 Å². The van der Waals surface area contributed by atoms with Crippen molar-refractivity contribution in [2.75, 3.05) is 6.61 Å². The molecule has 0 fully saturated rings. The number of hydrogen-bond acceptors (Lipinski definition) is 3. The van der Waals surface area contributed by atoms with Gasteiger partial charge in [0, 0.05) is 5.56 Å². The number of aldehydes is 1. The molecule has 1 atom stereocenters. The quantitative estimate of drug-likeness (QED) is 0.474. The van der Waals surface area contributed by atoms with Crippen LogP contribution in [0.5, 0.6) is 5.75 Å². The van der Waals surface area contributed by atoms with Crippen LogP contribution in [-0.4, -0.2) is 23.5 Å². The van der Waals surface area contributed by atoms with Crippen LogP contribution in [0.1, 0.15) is 34.6 Å². The Labute approximate surface area is 103 Å². The van der Waals surface area contributed by atoms with E-state index < -0.39 is 0 Å². The standard InChI is InChI=1S/C12H13BrO3/c1-3-16-11-6-4-5-9(10(11)7-14)12(15)8(2)13/h4-8H,3H2,1-2H3. The Kier molecular flexibility index (Phi) is 4.68. The van der Waals surface area contributed by atoms with Crippen molar-refractivity contribution in [3.63, 3.8) is 0 Å². The Hall–Kier alpha value is -1.16. The summed E-state index contributed by atoms with van der Waals surface area (Å²) in [5.41, 5.74) is 0.714. The van der Waals surface area contributed by atoms with E-state index in [1.165, 1.54) is 0 Å². The van der Waals surface area contributed by atoms with Crippen molar-refractivity contribution >= 4 is 28.0 Å². The predicted molar refractivity (Wildman–Crippen MR) is 65.7 cm³/mol. The Balaban J connectivity index is 3.23. The number of rotatable bonds is 5. The normalized spacial score (nSPS) is 11.9. The van der Waals surface area contributed by atoms with Crippen molar-refractivity contribution in [2.24, 2.45) is 0 Å². The van der Waals surface area contributed by atoms with E-state index >= 15 is 0 Å². The third-order valence-corrected chi connectivity index (χ3v) is 2.53. The molecule has 0 amide bonds. The van der Waals surface area contributed by atoms with Crippen molar-refractivity contribution in [3.8, 4) is 5.75 Å². The van der Waals surface area contributed by atoms with Crippen molar-refractivity contribution < 1.29 is 14.3 Å². The summed E-state index contributed by atoms with van der Waals surface area (Å²) in [6.07, 6.45) is 0.660. The summed E-state index contributed by atoms with van der Waals surface area (Å²) < 4.78 is 5.30. The second-order valence-corrected chi connectivity index (χ2v) is 4.62. The molecular weight excluding hydrogens is 272 g/mol. The first-order valence-electron chi connectivity index (χ1n) is 5.01. The first-order valence-corrected chi connectivity index (χ1v) is 5.92. The van der Waals surface area contributed by atoms with Crippen LogP contribution in [0.2, 0.25) is 0 Å². The Morgan fingerprint density at radius 3 is 2.75 bits per heavy atom. The number of Topliss-reactive ketones (excluding diaryl/α,β-unsaturated/α-hetero) is 1. The van der Waals surface area contributed by atoms with Crippen LogP contribution in [0.25, 0.3) is 0 Å². The number of hydrogen-bond donors (Lipinski definition) is 0. The van der Waals surface area contributed by atoms with Crippen LogP contribution in [0.3, 0.4) is 0 Å². The highest BCUT2D eigenvalue weighted by atomic mass is 79.9. The van der Waals surface area contributed by atoms with Gasteiger partial charge in [-0.2, -0.15) is 0 Å². The summed E-state index contributed by atoms with van der Waals surface area (Å²) in [5, 5.41) is 0. The zero-order valence-corrected chi connectivity index (χ0v) is 10.8. The molecule has 0 radical (unpaired) electrons. The summed E-state index contributed by atoms with van der Waals surface area (Å²) in [6, 6.07) is 5.02. The highest BCUT2D eigenvalue weighted by molar-refractivity contribution is 9.10. The fourth-order valence-corrected chi connectivity index (χ4v) is 1.62. The minimum Gasteiger partial charge on any atom is -0.493 e. The zero-order chi connectivity index (χ0) is 12.1. The van der Waals surface area contributed by atoms with Crippen molar-refractivity contribution in [1.29, 1.82) is 0 Å². The van der Waals surface area contributed by atoms with Crippen molar-refractivity contribution in [3.05, 3.63) is 29.3 Å². The molecule has 1 aromatic rings. The molecule has 0 aromatic heterocycles. The monoisotopic (exact) mass is 284 g/mol. The van der Waals surface area contributed by atoms with Gasteiger partial charge in [-0.25, -0.2) is 0 Å². The van der Waals surface area contributed by atoms with Crippen molar-refractivity contribution in [1.82, 2.24) is 0 Å². The molecule has 0 aliphatic rings. The van der Waals surface area contributed by atoms with Gasteiger partial charge in [0.15, 0.2) is 12.1 Å². The molecular formula is C12H13BrO3. The first kappa shape index (κ1) is 12.9. The predicted octanol–water partition coefficient (Wildman–Crippen LogP) is 2.86. The van der Waals surface area contributed by atoms with Gasteiger partial charge in [-0.3, -0.25) is 9.59 Å². The van der Waals surface area contributed by atoms with E-state index in [4.69, 9.17) is 4.74 Å². The molecule has 1 rings (SSSR count). The number of carbonyl (C=O) groups is 2. The molecule has 0 N–H and O–H groups in total. The van der Waals surface area contributed by atoms with Gasteiger partial charge in [0.25, 0.3) is 0 Å². The summed E-state index contributed by atoms with van der Waals surface area (Å²) in [6.45, 7) is 4.02. The number of benzene rings is 1. The maximum Gasteiger partial charge on any atom is 0.177 e. The van der Waals surface area contributed by atoms with E-state index in [0.717, 1.165) is 0 Å². The number of ether oxygens (including phenoxy) is 1. The van der Waals surface area contributed by atoms with Crippen LogP contribution in [0.4, 0.5) is 0 Å². The third kappa shape index (κ3) is 2.70. The minimum atomic E-state index is -0.317. The van der Waals surface area contributed by atoms with Crippen LogP contribution in [0.15, 0.2) is 18.2 Å². The van der Waals surface area contributed by atoms with Gasteiger partial charge in [0.2, 0.25) is 0 Å². The number of ketones is 1. The second kappa shape index (κ2) is 5.80. The van der Waals surface area contributed by atoms with E-state index in [0.29, 0.717) is 29.8 Å². The fourth-order valence-electron chi connectivity index (χ4n) is 1.38.